The summed E-state index contributed by atoms with van der Waals surface area (Å²) in [5.74, 6) is 0.156. The number of aromatic hydroxyl groups is 2. The molecule has 0 aromatic heterocycles. The first kappa shape index (κ1) is 14.2. The second kappa shape index (κ2) is 6.30. The van der Waals surface area contributed by atoms with Gasteiger partial charge in [-0.15, -0.1) is 0 Å². The van der Waals surface area contributed by atoms with Crippen LogP contribution in [0, 0.1) is 0 Å². The molecule has 2 rings (SSSR count). The fourth-order valence-corrected chi connectivity index (χ4v) is 2.23. The number of phenolic OH excluding ortho intramolecular Hbond substituents is 2. The number of benzene rings is 2. The Kier molecular flexibility index (Phi) is 4.48. The molecule has 0 radical (unpaired) electrons. The predicted octanol–water partition coefficient (Wildman–Crippen LogP) is 3.42. The maximum absolute atomic E-state index is 9.89. The summed E-state index contributed by atoms with van der Waals surface area (Å²) in [7, 11) is 1.65. The van der Waals surface area contributed by atoms with Crippen LogP contribution in [0.25, 0.3) is 0 Å². The van der Waals surface area contributed by atoms with Crippen molar-refractivity contribution in [3.05, 3.63) is 53.6 Å². The number of nitrogens with one attached hydrogen (secondary N) is 1. The normalized spacial score (nSPS) is 12.1. The molecule has 1 atom stereocenters. The molecule has 0 saturated heterocycles. The van der Waals surface area contributed by atoms with Gasteiger partial charge in [-0.25, -0.2) is 0 Å². The molecule has 0 saturated carbocycles. The predicted molar refractivity (Wildman–Crippen MR) is 79.0 cm³/mol. The zero-order chi connectivity index (χ0) is 14.5. The van der Waals surface area contributed by atoms with E-state index in [2.05, 4.69) is 5.32 Å². The van der Waals surface area contributed by atoms with Crippen molar-refractivity contribution in [2.45, 2.75) is 19.6 Å². The van der Waals surface area contributed by atoms with Crippen LogP contribution in [0.3, 0.4) is 0 Å². The van der Waals surface area contributed by atoms with Gasteiger partial charge in [0, 0.05) is 18.4 Å². The smallest absolute Gasteiger partial charge is 0.124 e. The molecule has 0 aliphatic rings. The quantitative estimate of drug-likeness (QED) is 0.781. The van der Waals surface area contributed by atoms with Gasteiger partial charge in [-0.2, -0.15) is 0 Å². The highest BCUT2D eigenvalue weighted by Gasteiger charge is 2.15. The second-order valence-electron chi connectivity index (χ2n) is 4.67. The first-order valence-electron chi connectivity index (χ1n) is 6.47. The van der Waals surface area contributed by atoms with Gasteiger partial charge in [-0.3, -0.25) is 0 Å². The lowest BCUT2D eigenvalue weighted by molar-refractivity contribution is 0.185. The maximum Gasteiger partial charge on any atom is 0.124 e. The van der Waals surface area contributed by atoms with Crippen LogP contribution in [0.4, 0.5) is 5.69 Å². The lowest BCUT2D eigenvalue weighted by Crippen LogP contribution is -2.09. The molecule has 0 aliphatic heterocycles. The topological polar surface area (TPSA) is 61.7 Å². The van der Waals surface area contributed by atoms with E-state index in [0.717, 1.165) is 11.3 Å². The third kappa shape index (κ3) is 3.03. The van der Waals surface area contributed by atoms with Crippen LogP contribution in [0.5, 0.6) is 11.5 Å². The molecule has 0 aliphatic carbocycles. The Hall–Kier alpha value is -2.20. The Labute approximate surface area is 118 Å². The molecule has 4 nitrogen and oxygen atoms in total. The number of rotatable bonds is 5. The van der Waals surface area contributed by atoms with Crippen molar-refractivity contribution in [1.82, 2.24) is 0 Å². The van der Waals surface area contributed by atoms with Gasteiger partial charge < -0.3 is 20.3 Å². The molecule has 2 aromatic rings. The van der Waals surface area contributed by atoms with Crippen LogP contribution < -0.4 is 5.32 Å². The van der Waals surface area contributed by atoms with Gasteiger partial charge in [0.15, 0.2) is 0 Å². The van der Waals surface area contributed by atoms with Gasteiger partial charge in [0.2, 0.25) is 0 Å². The molecule has 0 amide bonds. The summed E-state index contributed by atoms with van der Waals surface area (Å²) in [6, 6.07) is 12.3. The summed E-state index contributed by atoms with van der Waals surface area (Å²) in [6.45, 7) is 2.39. The van der Waals surface area contributed by atoms with Crippen LogP contribution in [0.2, 0.25) is 0 Å². The summed E-state index contributed by atoms with van der Waals surface area (Å²) >= 11 is 0. The Balaban J connectivity index is 2.26. The number of phenols is 2. The average Bonchev–Trinajstić information content (AvgIpc) is 2.41. The van der Waals surface area contributed by atoms with Gasteiger partial charge in [-0.1, -0.05) is 24.3 Å². The molecular formula is C16H19NO3. The van der Waals surface area contributed by atoms with Gasteiger partial charge in [-0.05, 0) is 25.1 Å². The van der Waals surface area contributed by atoms with Crippen molar-refractivity contribution in [2.75, 3.05) is 12.4 Å². The van der Waals surface area contributed by atoms with Crippen molar-refractivity contribution >= 4 is 5.69 Å². The molecule has 0 spiro atoms. The van der Waals surface area contributed by atoms with Crippen molar-refractivity contribution in [3.8, 4) is 11.5 Å². The highest BCUT2D eigenvalue weighted by Crippen LogP contribution is 2.34. The minimum Gasteiger partial charge on any atom is -0.507 e. The Bertz CT molecular complexity index is 563. The van der Waals surface area contributed by atoms with E-state index in [1.807, 2.05) is 31.2 Å². The average molecular weight is 273 g/mol. The molecule has 0 bridgehead atoms. The number of hydrogen-bond acceptors (Lipinski definition) is 4. The van der Waals surface area contributed by atoms with Crippen molar-refractivity contribution in [1.29, 1.82) is 0 Å². The Morgan fingerprint density at radius 1 is 1.05 bits per heavy atom. The van der Waals surface area contributed by atoms with E-state index >= 15 is 0 Å². The van der Waals surface area contributed by atoms with E-state index in [0.29, 0.717) is 12.2 Å². The molecular weight excluding hydrogens is 254 g/mol. The molecule has 3 N–H and O–H groups in total. The molecule has 1 unspecified atom stereocenters. The van der Waals surface area contributed by atoms with E-state index in [9.17, 15) is 10.2 Å². The standard InChI is InChI=1S/C16H19NO3/c1-11(16-14(18)8-5-9-15(16)19)17-13-7-4-3-6-12(13)10-20-2/h3-9,11,17-19H,10H2,1-2H3. The second-order valence-corrected chi connectivity index (χ2v) is 4.67. The number of methoxy groups -OCH3 is 1. The van der Waals surface area contributed by atoms with Crippen molar-refractivity contribution in [2.24, 2.45) is 0 Å². The first-order chi connectivity index (χ1) is 9.63. The lowest BCUT2D eigenvalue weighted by Gasteiger charge is -2.20. The van der Waals surface area contributed by atoms with E-state index < -0.39 is 0 Å². The number of hydrogen-bond donors (Lipinski definition) is 3. The fraction of sp³-hybridized carbons (Fsp3) is 0.250. The van der Waals surface area contributed by atoms with E-state index in [1.165, 1.54) is 0 Å². The third-order valence-corrected chi connectivity index (χ3v) is 3.18. The van der Waals surface area contributed by atoms with Crippen LogP contribution in [0.15, 0.2) is 42.5 Å². The molecule has 2 aromatic carbocycles. The van der Waals surface area contributed by atoms with Gasteiger partial charge in [0.1, 0.15) is 11.5 Å². The van der Waals surface area contributed by atoms with E-state index in [4.69, 9.17) is 4.74 Å². The fourth-order valence-electron chi connectivity index (χ4n) is 2.23. The minimum absolute atomic E-state index is 0.0780. The van der Waals surface area contributed by atoms with Crippen LogP contribution >= 0.6 is 0 Å². The zero-order valence-corrected chi connectivity index (χ0v) is 11.6. The molecule has 0 fully saturated rings. The molecule has 20 heavy (non-hydrogen) atoms. The molecule has 4 heteroatoms. The summed E-state index contributed by atoms with van der Waals surface area (Å²) in [5, 5.41) is 23.1. The summed E-state index contributed by atoms with van der Waals surface area (Å²) < 4.78 is 5.16. The number of ether oxygens (including phenoxy) is 1. The van der Waals surface area contributed by atoms with Gasteiger partial charge in [0.05, 0.1) is 18.2 Å². The maximum atomic E-state index is 9.89. The summed E-state index contributed by atoms with van der Waals surface area (Å²) in [5.41, 5.74) is 2.43. The van der Waals surface area contributed by atoms with Crippen molar-refractivity contribution in [3.63, 3.8) is 0 Å². The van der Waals surface area contributed by atoms with Crippen LogP contribution in [0.1, 0.15) is 24.1 Å². The minimum atomic E-state index is -0.228. The van der Waals surface area contributed by atoms with Gasteiger partial charge >= 0.3 is 0 Å². The Morgan fingerprint density at radius 3 is 2.35 bits per heavy atom. The third-order valence-electron chi connectivity index (χ3n) is 3.18. The van der Waals surface area contributed by atoms with Crippen molar-refractivity contribution < 1.29 is 14.9 Å². The zero-order valence-electron chi connectivity index (χ0n) is 11.6. The lowest BCUT2D eigenvalue weighted by atomic mass is 10.0. The number of para-hydroxylation sites is 1. The van der Waals surface area contributed by atoms with E-state index in [-0.39, 0.29) is 17.5 Å². The van der Waals surface area contributed by atoms with Gasteiger partial charge in [0.25, 0.3) is 0 Å². The molecule has 106 valence electrons. The monoisotopic (exact) mass is 273 g/mol. The SMILES string of the molecule is COCc1ccccc1NC(C)c1c(O)cccc1O. The highest BCUT2D eigenvalue weighted by atomic mass is 16.5. The Morgan fingerprint density at radius 2 is 1.70 bits per heavy atom. The first-order valence-corrected chi connectivity index (χ1v) is 6.47. The highest BCUT2D eigenvalue weighted by molar-refractivity contribution is 5.55. The van der Waals surface area contributed by atoms with Crippen LogP contribution in [-0.2, 0) is 11.3 Å². The van der Waals surface area contributed by atoms with E-state index in [1.54, 1.807) is 25.3 Å². The number of anilines is 1. The summed E-state index contributed by atoms with van der Waals surface area (Å²) in [4.78, 5) is 0. The molecule has 0 heterocycles. The summed E-state index contributed by atoms with van der Waals surface area (Å²) in [6.07, 6.45) is 0. The largest absolute Gasteiger partial charge is 0.507 e. The van der Waals surface area contributed by atoms with Crippen LogP contribution in [-0.4, -0.2) is 17.3 Å².